The Bertz CT molecular complexity index is 163. The molecule has 2 N–H and O–H groups in total. The minimum atomic E-state index is 0.100. The summed E-state index contributed by atoms with van der Waals surface area (Å²) in [5.74, 6) is 0.749. The predicted octanol–water partition coefficient (Wildman–Crippen LogP) is 1.56. The molecule has 1 rings (SSSR count). The van der Waals surface area contributed by atoms with Gasteiger partial charge in [-0.1, -0.05) is 13.3 Å². The molecule has 1 saturated carbocycles. The normalized spacial score (nSPS) is 30.6. The van der Waals surface area contributed by atoms with Crippen molar-refractivity contribution >= 4 is 0 Å². The average molecular weight is 201 g/mol. The zero-order valence-corrected chi connectivity index (χ0v) is 9.42. The lowest BCUT2D eigenvalue weighted by Crippen LogP contribution is -2.27. The molecule has 0 saturated heterocycles. The van der Waals surface area contributed by atoms with Crippen molar-refractivity contribution in [1.82, 2.24) is 0 Å². The van der Waals surface area contributed by atoms with Crippen LogP contribution in [0, 0.1) is 5.92 Å². The molecule has 84 valence electrons. The van der Waals surface area contributed by atoms with E-state index in [1.54, 1.807) is 7.11 Å². The third kappa shape index (κ3) is 3.56. The summed E-state index contributed by atoms with van der Waals surface area (Å²) in [6.45, 7) is 4.36. The van der Waals surface area contributed by atoms with E-state index in [0.29, 0.717) is 13.2 Å². The molecule has 0 radical (unpaired) electrons. The molecule has 0 aromatic carbocycles. The number of ether oxygens (including phenoxy) is 2. The van der Waals surface area contributed by atoms with E-state index in [-0.39, 0.29) is 5.54 Å². The minimum Gasteiger partial charge on any atom is -0.382 e. The first-order valence-corrected chi connectivity index (χ1v) is 5.58. The van der Waals surface area contributed by atoms with Crippen molar-refractivity contribution in [2.24, 2.45) is 11.7 Å². The van der Waals surface area contributed by atoms with Crippen molar-refractivity contribution in [2.75, 3.05) is 26.9 Å². The molecule has 0 heterocycles. The van der Waals surface area contributed by atoms with Crippen molar-refractivity contribution in [1.29, 1.82) is 0 Å². The molecule has 2 atom stereocenters. The zero-order valence-electron chi connectivity index (χ0n) is 9.42. The number of nitrogens with two attached hydrogens (primary N) is 1. The van der Waals surface area contributed by atoms with Gasteiger partial charge >= 0.3 is 0 Å². The highest BCUT2D eigenvalue weighted by Crippen LogP contribution is 2.46. The highest BCUT2D eigenvalue weighted by Gasteiger charge is 2.49. The number of methoxy groups -OCH3 is 1. The van der Waals surface area contributed by atoms with Gasteiger partial charge in [-0.05, 0) is 25.2 Å². The van der Waals surface area contributed by atoms with E-state index < -0.39 is 0 Å². The second kappa shape index (κ2) is 5.69. The molecule has 0 aromatic heterocycles. The van der Waals surface area contributed by atoms with Crippen LogP contribution in [-0.2, 0) is 9.47 Å². The highest BCUT2D eigenvalue weighted by molar-refractivity contribution is 5.07. The van der Waals surface area contributed by atoms with Crippen LogP contribution >= 0.6 is 0 Å². The predicted molar refractivity (Wildman–Crippen MR) is 57.2 cm³/mol. The van der Waals surface area contributed by atoms with Gasteiger partial charge in [0.15, 0.2) is 0 Å². The maximum atomic E-state index is 6.18. The van der Waals surface area contributed by atoms with E-state index >= 15 is 0 Å². The lowest BCUT2D eigenvalue weighted by atomic mass is 10.1. The van der Waals surface area contributed by atoms with Gasteiger partial charge in [0.25, 0.3) is 0 Å². The largest absolute Gasteiger partial charge is 0.382 e. The van der Waals surface area contributed by atoms with Crippen molar-refractivity contribution in [3.8, 4) is 0 Å². The van der Waals surface area contributed by atoms with E-state index in [1.807, 2.05) is 0 Å². The van der Waals surface area contributed by atoms with Crippen molar-refractivity contribution in [3.63, 3.8) is 0 Å². The Kier molecular flexibility index (Phi) is 4.85. The van der Waals surface area contributed by atoms with E-state index in [4.69, 9.17) is 15.2 Å². The summed E-state index contributed by atoms with van der Waals surface area (Å²) in [4.78, 5) is 0. The Balaban J connectivity index is 1.97. The summed E-state index contributed by atoms with van der Waals surface area (Å²) in [6.07, 6.45) is 4.71. The Morgan fingerprint density at radius 3 is 2.79 bits per heavy atom. The van der Waals surface area contributed by atoms with Crippen LogP contribution in [0.1, 0.15) is 32.6 Å². The first-order valence-electron chi connectivity index (χ1n) is 5.58. The molecule has 0 bridgehead atoms. The summed E-state index contributed by atoms with van der Waals surface area (Å²) >= 11 is 0. The Morgan fingerprint density at radius 2 is 2.14 bits per heavy atom. The van der Waals surface area contributed by atoms with Crippen LogP contribution in [-0.4, -0.2) is 32.5 Å². The summed E-state index contributed by atoms with van der Waals surface area (Å²) in [5, 5.41) is 0. The molecule has 3 heteroatoms. The summed E-state index contributed by atoms with van der Waals surface area (Å²) in [6, 6.07) is 0. The summed E-state index contributed by atoms with van der Waals surface area (Å²) in [7, 11) is 1.69. The monoisotopic (exact) mass is 201 g/mol. The molecular weight excluding hydrogens is 178 g/mol. The Hall–Kier alpha value is -0.120. The molecule has 2 unspecified atom stereocenters. The molecule has 1 aliphatic carbocycles. The fraction of sp³-hybridized carbons (Fsp3) is 1.00. The molecule has 3 nitrogen and oxygen atoms in total. The topological polar surface area (TPSA) is 44.5 Å². The zero-order chi connectivity index (χ0) is 10.4. The molecule has 0 spiro atoms. The van der Waals surface area contributed by atoms with E-state index in [2.05, 4.69) is 6.92 Å². The Morgan fingerprint density at radius 1 is 1.36 bits per heavy atom. The van der Waals surface area contributed by atoms with Gasteiger partial charge in [-0.25, -0.2) is 0 Å². The molecule has 14 heavy (non-hydrogen) atoms. The van der Waals surface area contributed by atoms with Gasteiger partial charge in [-0.2, -0.15) is 0 Å². The maximum absolute atomic E-state index is 6.18. The average Bonchev–Trinajstić information content (AvgIpc) is 2.78. The van der Waals surface area contributed by atoms with Crippen LogP contribution in [0.2, 0.25) is 0 Å². The third-order valence-electron chi connectivity index (χ3n) is 3.06. The van der Waals surface area contributed by atoms with E-state index in [9.17, 15) is 0 Å². The summed E-state index contributed by atoms with van der Waals surface area (Å²) < 4.78 is 10.3. The third-order valence-corrected chi connectivity index (χ3v) is 3.06. The fourth-order valence-corrected chi connectivity index (χ4v) is 1.95. The minimum absolute atomic E-state index is 0.100. The first-order chi connectivity index (χ1) is 6.73. The van der Waals surface area contributed by atoms with Gasteiger partial charge in [0.1, 0.15) is 0 Å². The lowest BCUT2D eigenvalue weighted by molar-refractivity contribution is 0.0655. The van der Waals surface area contributed by atoms with Gasteiger partial charge in [0, 0.05) is 19.3 Å². The van der Waals surface area contributed by atoms with Crippen LogP contribution in [0.25, 0.3) is 0 Å². The fourth-order valence-electron chi connectivity index (χ4n) is 1.95. The molecular formula is C11H23NO2. The quantitative estimate of drug-likeness (QED) is 0.606. The summed E-state index contributed by atoms with van der Waals surface area (Å²) in [5.41, 5.74) is 6.28. The van der Waals surface area contributed by atoms with E-state index in [0.717, 1.165) is 18.9 Å². The SMILES string of the molecule is CCCC1CC1(N)CCOCCOC. The second-order valence-electron chi connectivity index (χ2n) is 4.28. The second-order valence-corrected chi connectivity index (χ2v) is 4.28. The molecule has 0 aromatic rings. The number of hydrogen-bond acceptors (Lipinski definition) is 3. The van der Waals surface area contributed by atoms with Crippen molar-refractivity contribution in [3.05, 3.63) is 0 Å². The van der Waals surface area contributed by atoms with Gasteiger partial charge in [-0.3, -0.25) is 0 Å². The molecule has 1 fully saturated rings. The van der Waals surface area contributed by atoms with Crippen LogP contribution in [0.15, 0.2) is 0 Å². The molecule has 1 aliphatic rings. The first kappa shape index (κ1) is 12.0. The maximum Gasteiger partial charge on any atom is 0.0700 e. The van der Waals surface area contributed by atoms with E-state index in [1.165, 1.54) is 19.3 Å². The standard InChI is InChI=1S/C11H23NO2/c1-3-4-10-9-11(10,12)5-6-14-8-7-13-2/h10H,3-9,12H2,1-2H3. The smallest absolute Gasteiger partial charge is 0.0700 e. The van der Waals surface area contributed by atoms with Gasteiger partial charge in [0.05, 0.1) is 13.2 Å². The van der Waals surface area contributed by atoms with Crippen molar-refractivity contribution < 1.29 is 9.47 Å². The molecule has 0 aliphatic heterocycles. The molecule has 0 amide bonds. The van der Waals surface area contributed by atoms with Gasteiger partial charge < -0.3 is 15.2 Å². The van der Waals surface area contributed by atoms with Crippen LogP contribution in [0.3, 0.4) is 0 Å². The van der Waals surface area contributed by atoms with Crippen LogP contribution in [0.4, 0.5) is 0 Å². The van der Waals surface area contributed by atoms with Gasteiger partial charge in [0.2, 0.25) is 0 Å². The Labute approximate surface area is 86.9 Å². The van der Waals surface area contributed by atoms with Crippen LogP contribution in [0.5, 0.6) is 0 Å². The number of rotatable bonds is 8. The van der Waals surface area contributed by atoms with Crippen LogP contribution < -0.4 is 5.73 Å². The van der Waals surface area contributed by atoms with Gasteiger partial charge in [-0.15, -0.1) is 0 Å². The van der Waals surface area contributed by atoms with Crippen molar-refractivity contribution in [2.45, 2.75) is 38.1 Å². The lowest BCUT2D eigenvalue weighted by Gasteiger charge is -2.11. The number of hydrogen-bond donors (Lipinski definition) is 1. The highest BCUT2D eigenvalue weighted by atomic mass is 16.5.